The monoisotopic (exact) mass is 261 g/mol. The van der Waals surface area contributed by atoms with E-state index in [1.807, 2.05) is 32.9 Å². The first kappa shape index (κ1) is 13.8. The van der Waals surface area contributed by atoms with E-state index in [9.17, 15) is 4.79 Å². The van der Waals surface area contributed by atoms with Crippen molar-refractivity contribution in [2.24, 2.45) is 0 Å². The van der Waals surface area contributed by atoms with E-state index >= 15 is 0 Å². The van der Waals surface area contributed by atoms with Gasteiger partial charge in [0.15, 0.2) is 0 Å². The summed E-state index contributed by atoms with van der Waals surface area (Å²) < 4.78 is 0. The zero-order chi connectivity index (χ0) is 13.9. The predicted molar refractivity (Wildman–Crippen MR) is 77.5 cm³/mol. The zero-order valence-corrected chi connectivity index (χ0v) is 12.1. The predicted octanol–water partition coefficient (Wildman–Crippen LogP) is 2.60. The van der Waals surface area contributed by atoms with E-state index in [-0.39, 0.29) is 11.4 Å². The Hall–Kier alpha value is -1.58. The van der Waals surface area contributed by atoms with Crippen LogP contribution in [0.15, 0.2) is 18.3 Å². The maximum atomic E-state index is 12.1. The Morgan fingerprint density at radius 2 is 1.95 bits per heavy atom. The van der Waals surface area contributed by atoms with Crippen LogP contribution < -0.4 is 10.2 Å². The Labute approximate surface area is 115 Å². The van der Waals surface area contributed by atoms with Crippen molar-refractivity contribution >= 4 is 11.6 Å². The highest BCUT2D eigenvalue weighted by Crippen LogP contribution is 2.20. The summed E-state index contributed by atoms with van der Waals surface area (Å²) in [6.45, 7) is 8.06. The van der Waals surface area contributed by atoms with Crippen molar-refractivity contribution in [1.82, 2.24) is 10.3 Å². The first-order valence-electron chi connectivity index (χ1n) is 6.99. The van der Waals surface area contributed by atoms with Crippen LogP contribution in [0.5, 0.6) is 0 Å². The number of carbonyl (C=O) groups is 1. The molecule has 2 rings (SSSR count). The molecule has 1 N–H and O–H groups in total. The van der Waals surface area contributed by atoms with Crippen molar-refractivity contribution in [3.63, 3.8) is 0 Å². The van der Waals surface area contributed by atoms with Gasteiger partial charge in [0.25, 0.3) is 5.91 Å². The number of amides is 1. The van der Waals surface area contributed by atoms with E-state index in [1.54, 1.807) is 6.20 Å². The first-order valence-corrected chi connectivity index (χ1v) is 6.99. The number of piperidine rings is 1. The number of hydrogen-bond acceptors (Lipinski definition) is 3. The van der Waals surface area contributed by atoms with Crippen molar-refractivity contribution in [3.8, 4) is 0 Å². The van der Waals surface area contributed by atoms with Gasteiger partial charge in [-0.3, -0.25) is 9.78 Å². The smallest absolute Gasteiger partial charge is 0.270 e. The van der Waals surface area contributed by atoms with Crippen LogP contribution in [-0.4, -0.2) is 29.5 Å². The molecular weight excluding hydrogens is 238 g/mol. The maximum Gasteiger partial charge on any atom is 0.270 e. The Kier molecular flexibility index (Phi) is 4.08. The van der Waals surface area contributed by atoms with Crippen LogP contribution >= 0.6 is 0 Å². The van der Waals surface area contributed by atoms with Gasteiger partial charge in [-0.25, -0.2) is 0 Å². The van der Waals surface area contributed by atoms with Gasteiger partial charge in [0, 0.05) is 30.5 Å². The van der Waals surface area contributed by atoms with Crippen LogP contribution in [0.25, 0.3) is 0 Å². The standard InChI is InChI=1S/C15H23N3O/c1-15(2,3)17-14(19)13-11-12(7-8-16-13)18-9-5-4-6-10-18/h7-8,11H,4-6,9-10H2,1-3H3,(H,17,19). The van der Waals surface area contributed by atoms with E-state index in [0.717, 1.165) is 18.8 Å². The van der Waals surface area contributed by atoms with Gasteiger partial charge in [-0.15, -0.1) is 0 Å². The van der Waals surface area contributed by atoms with Gasteiger partial charge >= 0.3 is 0 Å². The molecule has 1 aromatic rings. The van der Waals surface area contributed by atoms with Gasteiger partial charge in [-0.1, -0.05) is 0 Å². The lowest BCUT2D eigenvalue weighted by atomic mass is 10.1. The summed E-state index contributed by atoms with van der Waals surface area (Å²) in [6, 6.07) is 3.88. The molecule has 1 amide bonds. The fourth-order valence-electron chi connectivity index (χ4n) is 2.30. The number of nitrogens with zero attached hydrogens (tertiary/aromatic N) is 2. The van der Waals surface area contributed by atoms with Crippen LogP contribution in [0.3, 0.4) is 0 Å². The van der Waals surface area contributed by atoms with Crippen molar-refractivity contribution in [1.29, 1.82) is 0 Å². The normalized spacial score (nSPS) is 16.3. The molecule has 4 heteroatoms. The SMILES string of the molecule is CC(C)(C)NC(=O)c1cc(N2CCCCC2)ccn1. The maximum absolute atomic E-state index is 12.1. The van der Waals surface area contributed by atoms with Crippen LogP contribution in [0.1, 0.15) is 50.5 Å². The van der Waals surface area contributed by atoms with Gasteiger partial charge in [-0.2, -0.15) is 0 Å². The summed E-state index contributed by atoms with van der Waals surface area (Å²) in [4.78, 5) is 18.6. The van der Waals surface area contributed by atoms with E-state index in [4.69, 9.17) is 0 Å². The molecule has 0 aromatic carbocycles. The van der Waals surface area contributed by atoms with Crippen LogP contribution in [0.4, 0.5) is 5.69 Å². The summed E-state index contributed by atoms with van der Waals surface area (Å²) in [6.07, 6.45) is 5.48. The molecule has 4 nitrogen and oxygen atoms in total. The largest absolute Gasteiger partial charge is 0.371 e. The second-order valence-corrected chi connectivity index (χ2v) is 6.15. The Bertz CT molecular complexity index is 445. The fraction of sp³-hybridized carbons (Fsp3) is 0.600. The molecule has 104 valence electrons. The third kappa shape index (κ3) is 3.94. The Balaban J connectivity index is 2.12. The van der Waals surface area contributed by atoms with Gasteiger partial charge in [-0.05, 0) is 52.2 Å². The molecule has 19 heavy (non-hydrogen) atoms. The summed E-state index contributed by atoms with van der Waals surface area (Å²) in [7, 11) is 0. The molecule has 0 unspecified atom stereocenters. The highest BCUT2D eigenvalue weighted by molar-refractivity contribution is 5.93. The second kappa shape index (κ2) is 5.59. The molecule has 1 aliphatic heterocycles. The average molecular weight is 261 g/mol. The third-order valence-corrected chi connectivity index (χ3v) is 3.19. The molecule has 1 aromatic heterocycles. The number of hydrogen-bond donors (Lipinski definition) is 1. The lowest BCUT2D eigenvalue weighted by Gasteiger charge is -2.29. The molecule has 1 saturated heterocycles. The highest BCUT2D eigenvalue weighted by Gasteiger charge is 2.18. The summed E-state index contributed by atoms with van der Waals surface area (Å²) in [5.41, 5.74) is 1.37. The van der Waals surface area contributed by atoms with Crippen LogP contribution in [0, 0.1) is 0 Å². The fourth-order valence-corrected chi connectivity index (χ4v) is 2.30. The minimum atomic E-state index is -0.236. The third-order valence-electron chi connectivity index (χ3n) is 3.19. The zero-order valence-electron chi connectivity index (χ0n) is 12.1. The van der Waals surface area contributed by atoms with Crippen molar-refractivity contribution in [3.05, 3.63) is 24.0 Å². The molecule has 1 aliphatic rings. The summed E-state index contributed by atoms with van der Waals surface area (Å²) in [5, 5.41) is 2.95. The Morgan fingerprint density at radius 1 is 1.26 bits per heavy atom. The van der Waals surface area contributed by atoms with Crippen molar-refractivity contribution < 1.29 is 4.79 Å². The van der Waals surface area contributed by atoms with Crippen LogP contribution in [-0.2, 0) is 0 Å². The number of aromatic nitrogens is 1. The van der Waals surface area contributed by atoms with Crippen LogP contribution in [0.2, 0.25) is 0 Å². The summed E-state index contributed by atoms with van der Waals surface area (Å²) >= 11 is 0. The second-order valence-electron chi connectivity index (χ2n) is 6.15. The number of nitrogens with one attached hydrogen (secondary N) is 1. The van der Waals surface area contributed by atoms with E-state index in [0.29, 0.717) is 5.69 Å². The minimum absolute atomic E-state index is 0.105. The van der Waals surface area contributed by atoms with E-state index in [2.05, 4.69) is 15.2 Å². The molecular formula is C15H23N3O. The topological polar surface area (TPSA) is 45.2 Å². The molecule has 0 bridgehead atoms. The van der Waals surface area contributed by atoms with Gasteiger partial charge in [0.2, 0.25) is 0 Å². The molecule has 0 atom stereocenters. The average Bonchev–Trinajstić information content (AvgIpc) is 2.38. The van der Waals surface area contributed by atoms with Crippen molar-refractivity contribution in [2.75, 3.05) is 18.0 Å². The quantitative estimate of drug-likeness (QED) is 0.890. The Morgan fingerprint density at radius 3 is 2.58 bits per heavy atom. The number of carbonyl (C=O) groups excluding carboxylic acids is 1. The lowest BCUT2D eigenvalue weighted by molar-refractivity contribution is 0.0914. The molecule has 0 radical (unpaired) electrons. The molecule has 2 heterocycles. The van der Waals surface area contributed by atoms with Gasteiger partial charge in [0.1, 0.15) is 5.69 Å². The number of rotatable bonds is 2. The van der Waals surface area contributed by atoms with Gasteiger partial charge in [0.05, 0.1) is 0 Å². The van der Waals surface area contributed by atoms with Crippen molar-refractivity contribution in [2.45, 2.75) is 45.6 Å². The summed E-state index contributed by atoms with van der Waals surface area (Å²) in [5.74, 6) is -0.105. The highest BCUT2D eigenvalue weighted by atomic mass is 16.2. The number of anilines is 1. The molecule has 1 fully saturated rings. The molecule has 0 aliphatic carbocycles. The van der Waals surface area contributed by atoms with E-state index in [1.165, 1.54) is 19.3 Å². The lowest BCUT2D eigenvalue weighted by Crippen LogP contribution is -2.41. The first-order chi connectivity index (χ1) is 8.96. The van der Waals surface area contributed by atoms with Gasteiger partial charge < -0.3 is 10.2 Å². The number of pyridine rings is 1. The molecule has 0 spiro atoms. The molecule has 0 saturated carbocycles. The minimum Gasteiger partial charge on any atom is -0.371 e. The van der Waals surface area contributed by atoms with E-state index < -0.39 is 0 Å².